The Bertz CT molecular complexity index is 1410. The van der Waals surface area contributed by atoms with E-state index in [1.807, 2.05) is 79.0 Å². The lowest BCUT2D eigenvalue weighted by atomic mass is 10.1. The number of ether oxygens (including phenoxy) is 1. The normalized spacial score (nSPS) is 12.2. The summed E-state index contributed by atoms with van der Waals surface area (Å²) in [7, 11) is 1.60. The van der Waals surface area contributed by atoms with E-state index in [-0.39, 0.29) is 11.2 Å². The second-order valence-electron chi connectivity index (χ2n) is 7.26. The number of furan rings is 1. The number of amides is 1. The van der Waals surface area contributed by atoms with Crippen molar-refractivity contribution < 1.29 is 13.9 Å². The summed E-state index contributed by atoms with van der Waals surface area (Å²) in [4.78, 5) is 17.6. The molecule has 5 nitrogen and oxygen atoms in total. The largest absolute Gasteiger partial charge is 0.495 e. The number of carbonyl (C=O) groups is 1. The van der Waals surface area contributed by atoms with Crippen LogP contribution in [0.3, 0.4) is 0 Å². The standard InChI is InChI=1S/C25H20N2O3S2/c1-15(32-25-27-20(14-31-25)16-8-4-3-5-9-16)24(28)26-19-13-22-18(12-23(19)29-2)17-10-6-7-11-21(17)30-22/h3-15H,1-2H3,(H,26,28)/t15-/m1/s1. The summed E-state index contributed by atoms with van der Waals surface area (Å²) < 4.78 is 12.4. The molecule has 160 valence electrons. The molecule has 0 bridgehead atoms. The highest BCUT2D eigenvalue weighted by Gasteiger charge is 2.20. The number of thioether (sulfide) groups is 1. The number of thiazole rings is 1. The number of fused-ring (bicyclic) bond motifs is 3. The van der Waals surface area contributed by atoms with Crippen molar-refractivity contribution in [3.05, 3.63) is 72.1 Å². The average molecular weight is 461 g/mol. The van der Waals surface area contributed by atoms with Crippen molar-refractivity contribution in [1.29, 1.82) is 0 Å². The van der Waals surface area contributed by atoms with E-state index in [0.717, 1.165) is 32.0 Å². The van der Waals surface area contributed by atoms with Crippen molar-refractivity contribution in [3.63, 3.8) is 0 Å². The number of carbonyl (C=O) groups excluding carboxylic acids is 1. The van der Waals surface area contributed by atoms with Gasteiger partial charge in [0, 0.05) is 27.8 Å². The Kier molecular flexibility index (Phi) is 5.59. The molecule has 0 aliphatic heterocycles. The zero-order chi connectivity index (χ0) is 22.1. The number of methoxy groups -OCH3 is 1. The van der Waals surface area contributed by atoms with Crippen LogP contribution in [-0.2, 0) is 4.79 Å². The van der Waals surface area contributed by atoms with E-state index in [2.05, 4.69) is 10.3 Å². The maximum absolute atomic E-state index is 12.9. The van der Waals surface area contributed by atoms with Crippen molar-refractivity contribution in [3.8, 4) is 17.0 Å². The van der Waals surface area contributed by atoms with E-state index in [9.17, 15) is 4.79 Å². The van der Waals surface area contributed by atoms with Crippen LogP contribution in [0.5, 0.6) is 5.75 Å². The summed E-state index contributed by atoms with van der Waals surface area (Å²) in [6.45, 7) is 1.87. The Morgan fingerprint density at radius 3 is 2.66 bits per heavy atom. The molecule has 2 aromatic heterocycles. The maximum Gasteiger partial charge on any atom is 0.237 e. The first-order chi connectivity index (χ1) is 15.6. The van der Waals surface area contributed by atoms with Gasteiger partial charge in [-0.15, -0.1) is 11.3 Å². The van der Waals surface area contributed by atoms with Crippen molar-refractivity contribution >= 4 is 56.6 Å². The highest BCUT2D eigenvalue weighted by molar-refractivity contribution is 8.02. The van der Waals surface area contributed by atoms with Crippen LogP contribution in [0.15, 0.2) is 80.9 Å². The first kappa shape index (κ1) is 20.6. The summed E-state index contributed by atoms with van der Waals surface area (Å²) in [5, 5.41) is 6.64. The monoisotopic (exact) mass is 460 g/mol. The van der Waals surface area contributed by atoms with E-state index in [1.54, 1.807) is 18.4 Å². The molecule has 5 aromatic rings. The van der Waals surface area contributed by atoms with Gasteiger partial charge in [0.25, 0.3) is 0 Å². The van der Waals surface area contributed by atoms with Crippen LogP contribution in [-0.4, -0.2) is 23.3 Å². The smallest absolute Gasteiger partial charge is 0.237 e. The predicted molar refractivity (Wildman–Crippen MR) is 132 cm³/mol. The van der Waals surface area contributed by atoms with Gasteiger partial charge in [0.2, 0.25) is 5.91 Å². The molecule has 5 rings (SSSR count). The third-order valence-corrected chi connectivity index (χ3v) is 7.23. The van der Waals surface area contributed by atoms with E-state index in [4.69, 9.17) is 9.15 Å². The third-order valence-electron chi connectivity index (χ3n) is 5.16. The van der Waals surface area contributed by atoms with Gasteiger partial charge in [0.05, 0.1) is 23.7 Å². The minimum atomic E-state index is -0.333. The molecule has 0 aliphatic carbocycles. The molecule has 1 N–H and O–H groups in total. The zero-order valence-electron chi connectivity index (χ0n) is 17.5. The van der Waals surface area contributed by atoms with Gasteiger partial charge in [-0.05, 0) is 19.1 Å². The van der Waals surface area contributed by atoms with Crippen LogP contribution in [0.4, 0.5) is 5.69 Å². The number of nitrogens with zero attached hydrogens (tertiary/aromatic N) is 1. The quantitative estimate of drug-likeness (QED) is 0.281. The summed E-state index contributed by atoms with van der Waals surface area (Å²) in [6.07, 6.45) is 0. The van der Waals surface area contributed by atoms with Crippen LogP contribution in [0.1, 0.15) is 6.92 Å². The molecule has 0 aliphatic rings. The van der Waals surface area contributed by atoms with Gasteiger partial charge in [0.1, 0.15) is 16.9 Å². The topological polar surface area (TPSA) is 64.4 Å². The third kappa shape index (κ3) is 3.97. The Labute approximate surface area is 193 Å². The van der Waals surface area contributed by atoms with E-state index in [1.165, 1.54) is 11.8 Å². The SMILES string of the molecule is COc1cc2c(cc1NC(=O)[C@@H](C)Sc1nc(-c3ccccc3)cs1)oc1ccccc12. The fourth-order valence-electron chi connectivity index (χ4n) is 3.51. The Morgan fingerprint density at radius 2 is 1.84 bits per heavy atom. The van der Waals surface area contributed by atoms with Crippen molar-refractivity contribution in [1.82, 2.24) is 4.98 Å². The van der Waals surface area contributed by atoms with Gasteiger partial charge in [-0.2, -0.15) is 0 Å². The van der Waals surface area contributed by atoms with Crippen molar-refractivity contribution in [2.45, 2.75) is 16.5 Å². The Balaban J connectivity index is 1.35. The Hall–Kier alpha value is -3.29. The first-order valence-electron chi connectivity index (χ1n) is 10.1. The molecular formula is C25H20N2O3S2. The molecule has 0 unspecified atom stereocenters. The number of rotatable bonds is 6. The minimum Gasteiger partial charge on any atom is -0.495 e. The molecule has 0 fully saturated rings. The molecule has 0 radical (unpaired) electrons. The van der Waals surface area contributed by atoms with Crippen LogP contribution in [0.25, 0.3) is 33.2 Å². The first-order valence-corrected chi connectivity index (χ1v) is 11.9. The molecular weight excluding hydrogens is 440 g/mol. The molecule has 1 atom stereocenters. The molecule has 7 heteroatoms. The fraction of sp³-hybridized carbons (Fsp3) is 0.120. The summed E-state index contributed by atoms with van der Waals surface area (Å²) >= 11 is 2.98. The van der Waals surface area contributed by atoms with E-state index < -0.39 is 0 Å². The highest BCUT2D eigenvalue weighted by Crippen LogP contribution is 2.37. The van der Waals surface area contributed by atoms with Gasteiger partial charge in [-0.25, -0.2) is 4.98 Å². The number of hydrogen-bond acceptors (Lipinski definition) is 6. The molecule has 0 saturated carbocycles. The second-order valence-corrected chi connectivity index (χ2v) is 9.71. The van der Waals surface area contributed by atoms with Crippen LogP contribution < -0.4 is 10.1 Å². The lowest BCUT2D eigenvalue weighted by Gasteiger charge is -2.13. The molecule has 2 heterocycles. The number of benzene rings is 3. The highest BCUT2D eigenvalue weighted by atomic mass is 32.2. The number of hydrogen-bond donors (Lipinski definition) is 1. The summed E-state index contributed by atoms with van der Waals surface area (Å²) in [5.74, 6) is 0.468. The maximum atomic E-state index is 12.9. The average Bonchev–Trinajstić information content (AvgIpc) is 3.43. The Morgan fingerprint density at radius 1 is 1.06 bits per heavy atom. The number of para-hydroxylation sites is 1. The zero-order valence-corrected chi connectivity index (χ0v) is 19.1. The lowest BCUT2D eigenvalue weighted by molar-refractivity contribution is -0.115. The van der Waals surface area contributed by atoms with E-state index >= 15 is 0 Å². The van der Waals surface area contributed by atoms with Gasteiger partial charge in [0.15, 0.2) is 4.34 Å². The van der Waals surface area contributed by atoms with E-state index in [0.29, 0.717) is 17.0 Å². The number of nitrogens with one attached hydrogen (secondary N) is 1. The number of aromatic nitrogens is 1. The van der Waals surface area contributed by atoms with Gasteiger partial charge < -0.3 is 14.5 Å². The predicted octanol–water partition coefficient (Wildman–Crippen LogP) is 6.84. The molecule has 3 aromatic carbocycles. The van der Waals surface area contributed by atoms with Crippen molar-refractivity contribution in [2.75, 3.05) is 12.4 Å². The van der Waals surface area contributed by atoms with Crippen LogP contribution in [0.2, 0.25) is 0 Å². The van der Waals surface area contributed by atoms with Gasteiger partial charge in [-0.1, -0.05) is 60.3 Å². The summed E-state index contributed by atoms with van der Waals surface area (Å²) in [6, 6.07) is 21.6. The van der Waals surface area contributed by atoms with Gasteiger partial charge >= 0.3 is 0 Å². The minimum absolute atomic E-state index is 0.125. The lowest BCUT2D eigenvalue weighted by Crippen LogP contribution is -2.22. The second kappa shape index (κ2) is 8.68. The molecule has 0 saturated heterocycles. The fourth-order valence-corrected chi connectivity index (χ4v) is 5.48. The molecule has 0 spiro atoms. The number of anilines is 1. The van der Waals surface area contributed by atoms with Gasteiger partial charge in [-0.3, -0.25) is 4.79 Å². The van der Waals surface area contributed by atoms with Crippen LogP contribution in [0, 0.1) is 0 Å². The molecule has 1 amide bonds. The van der Waals surface area contributed by atoms with Crippen molar-refractivity contribution in [2.24, 2.45) is 0 Å². The molecule has 32 heavy (non-hydrogen) atoms. The summed E-state index contributed by atoms with van der Waals surface area (Å²) in [5.41, 5.74) is 4.07. The van der Waals surface area contributed by atoms with Crippen LogP contribution >= 0.6 is 23.1 Å².